The molecule has 24 heavy (non-hydrogen) atoms. The van der Waals surface area contributed by atoms with Crippen LogP contribution in [0.4, 0.5) is 5.69 Å². The van der Waals surface area contributed by atoms with E-state index in [2.05, 4.69) is 10.4 Å². The van der Waals surface area contributed by atoms with Gasteiger partial charge in [-0.3, -0.25) is 9.48 Å². The Labute approximate surface area is 140 Å². The van der Waals surface area contributed by atoms with E-state index in [1.54, 1.807) is 13.3 Å². The Kier molecular flexibility index (Phi) is 4.91. The van der Waals surface area contributed by atoms with E-state index in [1.807, 2.05) is 65.5 Å². The number of carbonyl (C=O) groups is 1. The highest BCUT2D eigenvalue weighted by molar-refractivity contribution is 5.92. The van der Waals surface area contributed by atoms with Gasteiger partial charge in [-0.25, -0.2) is 0 Å². The van der Waals surface area contributed by atoms with Gasteiger partial charge in [-0.05, 0) is 41.5 Å². The van der Waals surface area contributed by atoms with Crippen LogP contribution in [0.3, 0.4) is 0 Å². The molecule has 1 amide bonds. The fraction of sp³-hybridized carbons (Fsp3) is 0.158. The van der Waals surface area contributed by atoms with E-state index in [1.165, 1.54) is 0 Å². The lowest BCUT2D eigenvalue weighted by Gasteiger charge is -2.08. The molecule has 0 fully saturated rings. The highest BCUT2D eigenvalue weighted by Crippen LogP contribution is 2.14. The van der Waals surface area contributed by atoms with Crippen LogP contribution in [-0.2, 0) is 17.8 Å². The molecule has 122 valence electrons. The second-order valence-corrected chi connectivity index (χ2v) is 5.48. The molecule has 0 bridgehead atoms. The molecular formula is C19H19N3O2. The van der Waals surface area contributed by atoms with Gasteiger partial charge in [0.05, 0.1) is 20.1 Å². The normalized spacial score (nSPS) is 10.4. The molecule has 0 spiro atoms. The summed E-state index contributed by atoms with van der Waals surface area (Å²) >= 11 is 0. The van der Waals surface area contributed by atoms with Gasteiger partial charge >= 0.3 is 0 Å². The van der Waals surface area contributed by atoms with Crippen molar-refractivity contribution in [2.24, 2.45) is 0 Å². The molecule has 0 saturated carbocycles. The average Bonchev–Trinajstić information content (AvgIpc) is 3.09. The lowest BCUT2D eigenvalue weighted by molar-refractivity contribution is -0.115. The van der Waals surface area contributed by atoms with Crippen LogP contribution in [0.5, 0.6) is 5.75 Å². The standard InChI is InChI=1S/C19H19N3O2/c1-24-18-8-6-15(7-9-18)13-19(23)21-17-5-2-4-16(12-17)14-22-11-3-10-20-22/h2-12H,13-14H2,1H3,(H,21,23). The minimum atomic E-state index is -0.0450. The Hall–Kier alpha value is -3.08. The van der Waals surface area contributed by atoms with E-state index in [-0.39, 0.29) is 5.91 Å². The fourth-order valence-electron chi connectivity index (χ4n) is 2.46. The van der Waals surface area contributed by atoms with Crippen molar-refractivity contribution < 1.29 is 9.53 Å². The Morgan fingerprint density at radius 3 is 2.67 bits per heavy atom. The molecule has 0 unspecified atom stereocenters. The minimum Gasteiger partial charge on any atom is -0.497 e. The summed E-state index contributed by atoms with van der Waals surface area (Å²) in [6.07, 6.45) is 3.99. The molecule has 0 atom stereocenters. The zero-order valence-corrected chi connectivity index (χ0v) is 13.5. The SMILES string of the molecule is COc1ccc(CC(=O)Nc2cccc(Cn3cccn3)c2)cc1. The van der Waals surface area contributed by atoms with Crippen LogP contribution in [-0.4, -0.2) is 22.8 Å². The van der Waals surface area contributed by atoms with Crippen LogP contribution in [0, 0.1) is 0 Å². The Bertz CT molecular complexity index is 796. The number of rotatable bonds is 6. The van der Waals surface area contributed by atoms with Gasteiger partial charge in [-0.15, -0.1) is 0 Å². The summed E-state index contributed by atoms with van der Waals surface area (Å²) in [7, 11) is 1.62. The van der Waals surface area contributed by atoms with E-state index in [0.29, 0.717) is 13.0 Å². The lowest BCUT2D eigenvalue weighted by Crippen LogP contribution is -2.14. The van der Waals surface area contributed by atoms with Crippen molar-refractivity contribution in [2.75, 3.05) is 12.4 Å². The molecule has 0 aliphatic rings. The molecule has 1 aromatic heterocycles. The van der Waals surface area contributed by atoms with E-state index in [0.717, 1.165) is 22.6 Å². The number of carbonyl (C=O) groups excluding carboxylic acids is 1. The van der Waals surface area contributed by atoms with E-state index in [4.69, 9.17) is 4.74 Å². The maximum atomic E-state index is 12.2. The van der Waals surface area contributed by atoms with Gasteiger partial charge < -0.3 is 10.1 Å². The first kappa shape index (κ1) is 15.8. The zero-order valence-electron chi connectivity index (χ0n) is 13.5. The Balaban J connectivity index is 1.61. The van der Waals surface area contributed by atoms with Gasteiger partial charge in [0.2, 0.25) is 5.91 Å². The number of ether oxygens (including phenoxy) is 1. The second kappa shape index (κ2) is 7.46. The third-order valence-corrected chi connectivity index (χ3v) is 3.64. The van der Waals surface area contributed by atoms with Crippen LogP contribution < -0.4 is 10.1 Å². The van der Waals surface area contributed by atoms with Gasteiger partial charge in [0.1, 0.15) is 5.75 Å². The first-order valence-electron chi connectivity index (χ1n) is 7.72. The van der Waals surface area contributed by atoms with Gasteiger partial charge in [0.15, 0.2) is 0 Å². The van der Waals surface area contributed by atoms with Gasteiger partial charge in [0, 0.05) is 18.1 Å². The van der Waals surface area contributed by atoms with Crippen molar-refractivity contribution >= 4 is 11.6 Å². The number of nitrogens with one attached hydrogen (secondary N) is 1. The minimum absolute atomic E-state index is 0.0450. The number of hydrogen-bond donors (Lipinski definition) is 1. The number of nitrogens with zero attached hydrogens (tertiary/aromatic N) is 2. The molecule has 5 heteroatoms. The summed E-state index contributed by atoms with van der Waals surface area (Å²) in [5.74, 6) is 0.738. The van der Waals surface area contributed by atoms with Crippen molar-refractivity contribution in [3.63, 3.8) is 0 Å². The maximum absolute atomic E-state index is 12.2. The monoisotopic (exact) mass is 321 g/mol. The number of hydrogen-bond acceptors (Lipinski definition) is 3. The molecule has 0 aliphatic carbocycles. The van der Waals surface area contributed by atoms with Gasteiger partial charge in [-0.2, -0.15) is 5.10 Å². The molecule has 3 rings (SSSR count). The summed E-state index contributed by atoms with van der Waals surface area (Å²) < 4.78 is 6.96. The summed E-state index contributed by atoms with van der Waals surface area (Å²) in [6.45, 7) is 0.676. The number of amides is 1. The van der Waals surface area contributed by atoms with Gasteiger partial charge in [0.25, 0.3) is 0 Å². The van der Waals surface area contributed by atoms with Crippen LogP contribution >= 0.6 is 0 Å². The predicted octanol–water partition coefficient (Wildman–Crippen LogP) is 3.12. The summed E-state index contributed by atoms with van der Waals surface area (Å²) in [4.78, 5) is 12.2. The van der Waals surface area contributed by atoms with Crippen LogP contribution in [0.2, 0.25) is 0 Å². The van der Waals surface area contributed by atoms with Crippen LogP contribution in [0.1, 0.15) is 11.1 Å². The zero-order chi connectivity index (χ0) is 16.8. The van der Waals surface area contributed by atoms with Crippen LogP contribution in [0.25, 0.3) is 0 Å². The fourth-order valence-corrected chi connectivity index (χ4v) is 2.46. The summed E-state index contributed by atoms with van der Waals surface area (Å²) in [5, 5.41) is 7.13. The first-order valence-corrected chi connectivity index (χ1v) is 7.72. The molecule has 0 saturated heterocycles. The molecule has 5 nitrogen and oxygen atoms in total. The highest BCUT2D eigenvalue weighted by atomic mass is 16.5. The maximum Gasteiger partial charge on any atom is 0.228 e. The number of anilines is 1. The summed E-state index contributed by atoms with van der Waals surface area (Å²) in [6, 6.07) is 17.2. The number of methoxy groups -OCH3 is 1. The largest absolute Gasteiger partial charge is 0.497 e. The molecule has 1 N–H and O–H groups in total. The molecular weight excluding hydrogens is 302 g/mol. The smallest absolute Gasteiger partial charge is 0.228 e. The van der Waals surface area contributed by atoms with Crippen LogP contribution in [0.15, 0.2) is 67.0 Å². The van der Waals surface area contributed by atoms with E-state index < -0.39 is 0 Å². The van der Waals surface area contributed by atoms with Crippen molar-refractivity contribution in [3.05, 3.63) is 78.1 Å². The summed E-state index contributed by atoms with van der Waals surface area (Å²) in [5.41, 5.74) is 2.82. The first-order chi connectivity index (χ1) is 11.7. The Morgan fingerprint density at radius 1 is 1.12 bits per heavy atom. The lowest BCUT2D eigenvalue weighted by atomic mass is 10.1. The Morgan fingerprint density at radius 2 is 1.96 bits per heavy atom. The topological polar surface area (TPSA) is 56.1 Å². The molecule has 3 aromatic rings. The molecule has 2 aromatic carbocycles. The van der Waals surface area contributed by atoms with Crippen molar-refractivity contribution in [2.45, 2.75) is 13.0 Å². The average molecular weight is 321 g/mol. The van der Waals surface area contributed by atoms with Crippen molar-refractivity contribution in [1.82, 2.24) is 9.78 Å². The second-order valence-electron chi connectivity index (χ2n) is 5.48. The van der Waals surface area contributed by atoms with Crippen molar-refractivity contribution in [3.8, 4) is 5.75 Å². The molecule has 1 heterocycles. The van der Waals surface area contributed by atoms with Crippen molar-refractivity contribution in [1.29, 1.82) is 0 Å². The number of aromatic nitrogens is 2. The van der Waals surface area contributed by atoms with E-state index in [9.17, 15) is 4.79 Å². The number of benzene rings is 2. The molecule has 0 radical (unpaired) electrons. The molecule has 0 aliphatic heterocycles. The van der Waals surface area contributed by atoms with E-state index >= 15 is 0 Å². The van der Waals surface area contributed by atoms with Gasteiger partial charge in [-0.1, -0.05) is 24.3 Å². The third kappa shape index (κ3) is 4.23. The third-order valence-electron chi connectivity index (χ3n) is 3.64. The predicted molar refractivity (Wildman–Crippen MR) is 93.1 cm³/mol. The quantitative estimate of drug-likeness (QED) is 0.759. The highest BCUT2D eigenvalue weighted by Gasteiger charge is 2.05.